The molecule has 0 radical (unpaired) electrons. The van der Waals surface area contributed by atoms with Gasteiger partial charge in [0.25, 0.3) is 5.91 Å². The van der Waals surface area contributed by atoms with Crippen molar-refractivity contribution >= 4 is 18.1 Å². The van der Waals surface area contributed by atoms with E-state index in [1.54, 1.807) is 0 Å². The number of carbonyl (C=O) groups is 2. The zero-order valence-electron chi connectivity index (χ0n) is 14.1. The fraction of sp³-hybridized carbons (Fsp3) is 0.211. The maximum absolute atomic E-state index is 12.6. The first kappa shape index (κ1) is 18.2. The van der Waals surface area contributed by atoms with E-state index in [2.05, 4.69) is 5.16 Å². The van der Waals surface area contributed by atoms with Crippen molar-refractivity contribution in [2.45, 2.75) is 25.6 Å². The second-order valence-electron chi connectivity index (χ2n) is 5.85. The lowest BCUT2D eigenvalue weighted by molar-refractivity contribution is -0.172. The van der Waals surface area contributed by atoms with Crippen molar-refractivity contribution < 1.29 is 19.2 Å². The van der Waals surface area contributed by atoms with Crippen LogP contribution in [0.2, 0.25) is 0 Å². The van der Waals surface area contributed by atoms with Crippen LogP contribution < -0.4 is 5.73 Å². The third kappa shape index (κ3) is 5.17. The van der Waals surface area contributed by atoms with Crippen LogP contribution in [0.4, 0.5) is 0 Å². The van der Waals surface area contributed by atoms with Crippen molar-refractivity contribution in [3.8, 4) is 0 Å². The van der Waals surface area contributed by atoms with Crippen molar-refractivity contribution in [2.75, 3.05) is 0 Å². The van der Waals surface area contributed by atoms with Gasteiger partial charge in [-0.3, -0.25) is 4.79 Å². The number of hydrogen-bond acceptors (Lipinski definition) is 5. The third-order valence-corrected chi connectivity index (χ3v) is 3.38. The van der Waals surface area contributed by atoms with Crippen LogP contribution in [0.1, 0.15) is 31.1 Å². The van der Waals surface area contributed by atoms with E-state index < -0.39 is 23.6 Å². The number of carbonyl (C=O) groups excluding carboxylic acids is 2. The molecule has 6 heteroatoms. The molecule has 0 bridgehead atoms. The van der Waals surface area contributed by atoms with E-state index in [1.807, 2.05) is 60.7 Å². The second kappa shape index (κ2) is 8.10. The molecule has 2 aromatic rings. The first-order valence-corrected chi connectivity index (χ1v) is 7.72. The molecule has 0 spiro atoms. The molecule has 0 aromatic heterocycles. The van der Waals surface area contributed by atoms with Gasteiger partial charge in [-0.2, -0.15) is 0 Å². The van der Waals surface area contributed by atoms with Crippen molar-refractivity contribution in [1.82, 2.24) is 0 Å². The Labute approximate surface area is 146 Å². The largest absolute Gasteiger partial charge is 0.450 e. The summed E-state index contributed by atoms with van der Waals surface area (Å²) < 4.78 is 5.69. The van der Waals surface area contributed by atoms with Gasteiger partial charge >= 0.3 is 5.97 Å². The van der Waals surface area contributed by atoms with Gasteiger partial charge in [-0.05, 0) is 25.0 Å². The zero-order chi connectivity index (χ0) is 18.3. The first-order valence-electron chi connectivity index (χ1n) is 7.72. The Kier molecular flexibility index (Phi) is 5.89. The molecule has 1 amide bonds. The molecule has 0 unspecified atom stereocenters. The number of nitrogens with zero attached hydrogens (tertiary/aromatic N) is 1. The Morgan fingerprint density at radius 3 is 1.92 bits per heavy atom. The molecule has 2 N–H and O–H groups in total. The lowest BCUT2D eigenvalue weighted by Gasteiger charge is -2.25. The minimum absolute atomic E-state index is 0.585. The number of primary amides is 1. The van der Waals surface area contributed by atoms with Crippen LogP contribution in [0.3, 0.4) is 0 Å². The van der Waals surface area contributed by atoms with Crippen LogP contribution in [0.15, 0.2) is 65.8 Å². The Bertz CT molecular complexity index is 703. The summed E-state index contributed by atoms with van der Waals surface area (Å²) in [7, 11) is 0. The van der Waals surface area contributed by atoms with E-state index in [0.717, 1.165) is 17.3 Å². The van der Waals surface area contributed by atoms with Crippen LogP contribution in [-0.2, 0) is 19.2 Å². The standard InChI is InChI=1S/C19H20N2O4/c1-19(2,25-21-13-16(20)22)18(23)24-17(14-9-5-3-6-10-14)15-11-7-4-8-12-15/h3-13,17H,1-2H3,(H2,20,22). The van der Waals surface area contributed by atoms with Gasteiger partial charge in [-0.15, -0.1) is 0 Å². The molecule has 0 aliphatic carbocycles. The molecule has 2 rings (SSSR count). The van der Waals surface area contributed by atoms with E-state index in [0.29, 0.717) is 0 Å². The van der Waals surface area contributed by atoms with E-state index >= 15 is 0 Å². The van der Waals surface area contributed by atoms with Gasteiger partial charge < -0.3 is 15.3 Å². The SMILES string of the molecule is CC(C)(ON=CC(N)=O)C(=O)OC(c1ccccc1)c1ccccc1. The molecular formula is C19H20N2O4. The molecular weight excluding hydrogens is 320 g/mol. The van der Waals surface area contributed by atoms with Gasteiger partial charge in [0.05, 0.1) is 0 Å². The highest BCUT2D eigenvalue weighted by molar-refractivity contribution is 6.25. The van der Waals surface area contributed by atoms with Crippen LogP contribution in [-0.4, -0.2) is 23.7 Å². The molecule has 0 saturated carbocycles. The Balaban J connectivity index is 2.22. The fourth-order valence-electron chi connectivity index (χ4n) is 2.08. The number of rotatable bonds is 7. The molecule has 0 saturated heterocycles. The highest BCUT2D eigenvalue weighted by Gasteiger charge is 2.35. The van der Waals surface area contributed by atoms with E-state index in [4.69, 9.17) is 15.3 Å². The van der Waals surface area contributed by atoms with Gasteiger partial charge in [0.1, 0.15) is 6.21 Å². The summed E-state index contributed by atoms with van der Waals surface area (Å²) in [5.74, 6) is -1.39. The molecule has 0 aliphatic rings. The van der Waals surface area contributed by atoms with Crippen LogP contribution in [0.5, 0.6) is 0 Å². The highest BCUT2D eigenvalue weighted by atomic mass is 16.7. The Hall–Kier alpha value is -3.15. The van der Waals surface area contributed by atoms with E-state index in [9.17, 15) is 9.59 Å². The molecule has 0 aliphatic heterocycles. The number of hydrogen-bond donors (Lipinski definition) is 1. The number of oxime groups is 1. The topological polar surface area (TPSA) is 91.0 Å². The quantitative estimate of drug-likeness (QED) is 0.476. The van der Waals surface area contributed by atoms with Gasteiger partial charge in [0.15, 0.2) is 6.10 Å². The van der Waals surface area contributed by atoms with Crippen molar-refractivity contribution in [2.24, 2.45) is 10.9 Å². The Morgan fingerprint density at radius 1 is 1.00 bits per heavy atom. The number of nitrogens with two attached hydrogens (primary N) is 1. The molecule has 130 valence electrons. The average molecular weight is 340 g/mol. The monoisotopic (exact) mass is 340 g/mol. The van der Waals surface area contributed by atoms with Gasteiger partial charge in [-0.1, -0.05) is 65.8 Å². The summed E-state index contributed by atoms with van der Waals surface area (Å²) in [5.41, 5.74) is 5.23. The highest BCUT2D eigenvalue weighted by Crippen LogP contribution is 2.28. The molecule has 0 heterocycles. The maximum Gasteiger partial charge on any atom is 0.353 e. The van der Waals surface area contributed by atoms with Crippen molar-refractivity contribution in [3.05, 3.63) is 71.8 Å². The van der Waals surface area contributed by atoms with E-state index in [1.165, 1.54) is 13.8 Å². The average Bonchev–Trinajstić information content (AvgIpc) is 2.60. The smallest absolute Gasteiger partial charge is 0.353 e. The molecule has 2 aromatic carbocycles. The summed E-state index contributed by atoms with van der Waals surface area (Å²) in [6, 6.07) is 18.8. The molecule has 0 fully saturated rings. The van der Waals surface area contributed by atoms with Crippen molar-refractivity contribution in [3.63, 3.8) is 0 Å². The van der Waals surface area contributed by atoms with Crippen molar-refractivity contribution in [1.29, 1.82) is 0 Å². The normalized spacial score (nSPS) is 11.5. The first-order chi connectivity index (χ1) is 11.9. The summed E-state index contributed by atoms with van der Waals surface area (Å²) in [6.07, 6.45) is 0.207. The predicted molar refractivity (Wildman–Crippen MR) is 93.7 cm³/mol. The second-order valence-corrected chi connectivity index (χ2v) is 5.85. The predicted octanol–water partition coefficient (Wildman–Crippen LogP) is 2.59. The van der Waals surface area contributed by atoms with Gasteiger partial charge in [0, 0.05) is 0 Å². The Morgan fingerprint density at radius 2 is 1.48 bits per heavy atom. The van der Waals surface area contributed by atoms with E-state index in [-0.39, 0.29) is 0 Å². The summed E-state index contributed by atoms with van der Waals surface area (Å²) in [4.78, 5) is 28.3. The van der Waals surface area contributed by atoms with Crippen LogP contribution in [0, 0.1) is 0 Å². The maximum atomic E-state index is 12.6. The lowest BCUT2D eigenvalue weighted by atomic mass is 10.0. The number of ether oxygens (including phenoxy) is 1. The summed E-state index contributed by atoms with van der Waals surface area (Å²) >= 11 is 0. The van der Waals surface area contributed by atoms with Crippen LogP contribution in [0.25, 0.3) is 0 Å². The molecule has 0 atom stereocenters. The minimum atomic E-state index is -1.38. The molecule has 25 heavy (non-hydrogen) atoms. The third-order valence-electron chi connectivity index (χ3n) is 3.38. The molecule has 6 nitrogen and oxygen atoms in total. The fourth-order valence-corrected chi connectivity index (χ4v) is 2.08. The number of benzene rings is 2. The minimum Gasteiger partial charge on any atom is -0.450 e. The number of esters is 1. The summed E-state index contributed by atoms with van der Waals surface area (Å²) in [5, 5.41) is 3.42. The lowest BCUT2D eigenvalue weighted by Crippen LogP contribution is -2.36. The summed E-state index contributed by atoms with van der Waals surface area (Å²) in [6.45, 7) is 3.00. The zero-order valence-corrected chi connectivity index (χ0v) is 14.1. The van der Waals surface area contributed by atoms with Gasteiger partial charge in [0.2, 0.25) is 5.60 Å². The van der Waals surface area contributed by atoms with Crippen LogP contribution >= 0.6 is 0 Å². The van der Waals surface area contributed by atoms with Gasteiger partial charge in [-0.25, -0.2) is 4.79 Å². The number of amides is 1.